The normalized spacial score (nSPS) is 17.2. The van der Waals surface area contributed by atoms with Gasteiger partial charge in [0.05, 0.1) is 18.2 Å². The molecule has 0 amide bonds. The average Bonchev–Trinajstić information content (AvgIpc) is 3.04. The fraction of sp³-hybridized carbons (Fsp3) is 0.458. The standard InChI is InChI=1S/C24H31ClN4O2.HI/c1-26-24(27-16-19-14-21(25)23-22(15-19)30-12-5-13-31-23)28-20-8-10-29(11-9-20)17-18-6-3-2-4-7-18;/h2-4,6-7,14-15,20H,5,8-13,16-17H2,1H3,(H2,26,27,28);1H. The molecule has 2 aliphatic rings. The van der Waals surface area contributed by atoms with Crippen LogP contribution in [0.2, 0.25) is 5.02 Å². The van der Waals surface area contributed by atoms with Gasteiger partial charge in [-0.25, -0.2) is 0 Å². The highest BCUT2D eigenvalue weighted by Crippen LogP contribution is 2.37. The minimum atomic E-state index is 0. The Labute approximate surface area is 212 Å². The van der Waals surface area contributed by atoms with Gasteiger partial charge in [0.2, 0.25) is 0 Å². The van der Waals surface area contributed by atoms with Gasteiger partial charge in [0, 0.05) is 45.7 Å². The highest BCUT2D eigenvalue weighted by atomic mass is 127. The number of hydrogen-bond donors (Lipinski definition) is 2. The summed E-state index contributed by atoms with van der Waals surface area (Å²) in [6.07, 6.45) is 3.06. The summed E-state index contributed by atoms with van der Waals surface area (Å²) in [6.45, 7) is 5.08. The van der Waals surface area contributed by atoms with Crippen molar-refractivity contribution in [2.45, 2.75) is 38.4 Å². The van der Waals surface area contributed by atoms with Gasteiger partial charge in [0.1, 0.15) is 0 Å². The van der Waals surface area contributed by atoms with Crippen LogP contribution in [0, 0.1) is 0 Å². The maximum absolute atomic E-state index is 6.41. The van der Waals surface area contributed by atoms with E-state index in [1.165, 1.54) is 5.56 Å². The second-order valence-electron chi connectivity index (χ2n) is 8.06. The van der Waals surface area contributed by atoms with E-state index in [0.717, 1.165) is 56.2 Å². The number of nitrogens with zero attached hydrogens (tertiary/aromatic N) is 2. The lowest BCUT2D eigenvalue weighted by molar-refractivity contribution is 0.198. The molecule has 1 fully saturated rings. The lowest BCUT2D eigenvalue weighted by atomic mass is 10.0. The third-order valence-corrected chi connectivity index (χ3v) is 6.00. The first-order valence-corrected chi connectivity index (χ1v) is 11.4. The number of halogens is 2. The summed E-state index contributed by atoms with van der Waals surface area (Å²) in [7, 11) is 1.81. The first-order chi connectivity index (χ1) is 15.2. The Kier molecular flexibility index (Phi) is 9.74. The van der Waals surface area contributed by atoms with E-state index in [4.69, 9.17) is 21.1 Å². The molecule has 0 spiro atoms. The molecule has 2 aliphatic heterocycles. The van der Waals surface area contributed by atoms with Crippen LogP contribution in [0.4, 0.5) is 0 Å². The topological polar surface area (TPSA) is 58.1 Å². The molecule has 8 heteroatoms. The van der Waals surface area contributed by atoms with E-state index in [1.807, 2.05) is 12.1 Å². The Balaban J connectivity index is 0.00000289. The van der Waals surface area contributed by atoms with Crippen molar-refractivity contribution >= 4 is 41.5 Å². The summed E-state index contributed by atoms with van der Waals surface area (Å²) in [5.41, 5.74) is 2.41. The maximum atomic E-state index is 6.41. The number of ether oxygens (including phenoxy) is 2. The van der Waals surface area contributed by atoms with Crippen LogP contribution in [-0.2, 0) is 13.1 Å². The average molecular weight is 571 g/mol. The van der Waals surface area contributed by atoms with Crippen molar-refractivity contribution in [1.29, 1.82) is 0 Å². The van der Waals surface area contributed by atoms with Crippen LogP contribution < -0.4 is 20.1 Å². The van der Waals surface area contributed by atoms with Crippen LogP contribution in [0.1, 0.15) is 30.4 Å². The third kappa shape index (κ3) is 6.89. The number of hydrogen-bond acceptors (Lipinski definition) is 4. The quantitative estimate of drug-likeness (QED) is 0.316. The van der Waals surface area contributed by atoms with Crippen molar-refractivity contribution in [3.8, 4) is 11.5 Å². The molecule has 2 heterocycles. The summed E-state index contributed by atoms with van der Waals surface area (Å²) in [5, 5.41) is 7.56. The van der Waals surface area contributed by atoms with E-state index in [0.29, 0.717) is 36.6 Å². The number of nitrogens with one attached hydrogen (secondary N) is 2. The van der Waals surface area contributed by atoms with Gasteiger partial charge >= 0.3 is 0 Å². The number of fused-ring (bicyclic) bond motifs is 1. The zero-order valence-corrected chi connectivity index (χ0v) is 21.6. The number of rotatable bonds is 5. The van der Waals surface area contributed by atoms with Crippen molar-refractivity contribution in [2.24, 2.45) is 4.99 Å². The molecule has 2 aromatic rings. The van der Waals surface area contributed by atoms with E-state index in [1.54, 1.807) is 7.05 Å². The van der Waals surface area contributed by atoms with Crippen molar-refractivity contribution in [1.82, 2.24) is 15.5 Å². The van der Waals surface area contributed by atoms with Gasteiger partial charge in [-0.1, -0.05) is 41.9 Å². The fourth-order valence-electron chi connectivity index (χ4n) is 4.04. The summed E-state index contributed by atoms with van der Waals surface area (Å²) in [6, 6.07) is 15.0. The molecule has 0 bridgehead atoms. The first-order valence-electron chi connectivity index (χ1n) is 11.0. The lowest BCUT2D eigenvalue weighted by Gasteiger charge is -2.33. The molecule has 6 nitrogen and oxygen atoms in total. The van der Waals surface area contributed by atoms with Crippen LogP contribution >= 0.6 is 35.6 Å². The number of piperidine rings is 1. The Bertz CT molecular complexity index is 889. The molecule has 4 rings (SSSR count). The molecule has 0 aliphatic carbocycles. The van der Waals surface area contributed by atoms with E-state index in [-0.39, 0.29) is 24.0 Å². The summed E-state index contributed by atoms with van der Waals surface area (Å²) >= 11 is 6.41. The molecule has 32 heavy (non-hydrogen) atoms. The number of likely N-dealkylation sites (tertiary alicyclic amines) is 1. The molecule has 0 saturated carbocycles. The molecular formula is C24H32ClIN4O2. The fourth-order valence-corrected chi connectivity index (χ4v) is 4.32. The second-order valence-corrected chi connectivity index (χ2v) is 8.47. The lowest BCUT2D eigenvalue weighted by Crippen LogP contribution is -2.48. The van der Waals surface area contributed by atoms with Gasteiger partial charge in [-0.05, 0) is 36.1 Å². The molecule has 174 valence electrons. The van der Waals surface area contributed by atoms with Gasteiger partial charge in [0.25, 0.3) is 0 Å². The molecule has 2 aromatic carbocycles. The SMILES string of the molecule is CN=C(NCc1cc(Cl)c2c(c1)OCCCO2)NC1CCN(Cc2ccccc2)CC1.I. The van der Waals surface area contributed by atoms with Crippen molar-refractivity contribution in [3.05, 3.63) is 58.6 Å². The third-order valence-electron chi connectivity index (χ3n) is 5.72. The van der Waals surface area contributed by atoms with Crippen molar-refractivity contribution in [3.63, 3.8) is 0 Å². The minimum absolute atomic E-state index is 0. The van der Waals surface area contributed by atoms with Gasteiger partial charge in [-0.15, -0.1) is 24.0 Å². The number of guanidine groups is 1. The van der Waals surface area contributed by atoms with Gasteiger partial charge in [0.15, 0.2) is 17.5 Å². The molecule has 2 N–H and O–H groups in total. The van der Waals surface area contributed by atoms with Crippen LogP contribution in [-0.4, -0.2) is 50.3 Å². The van der Waals surface area contributed by atoms with Crippen LogP contribution in [0.25, 0.3) is 0 Å². The first kappa shape index (κ1) is 24.9. The maximum Gasteiger partial charge on any atom is 0.191 e. The van der Waals surface area contributed by atoms with E-state index in [9.17, 15) is 0 Å². The predicted octanol–water partition coefficient (Wildman–Crippen LogP) is 4.45. The number of aliphatic imine (C=N–C) groups is 1. The minimum Gasteiger partial charge on any atom is -0.489 e. The predicted molar refractivity (Wildman–Crippen MR) is 141 cm³/mol. The van der Waals surface area contributed by atoms with Crippen molar-refractivity contribution in [2.75, 3.05) is 33.4 Å². The zero-order valence-electron chi connectivity index (χ0n) is 18.5. The molecule has 0 aromatic heterocycles. The Morgan fingerprint density at radius 1 is 1.09 bits per heavy atom. The van der Waals surface area contributed by atoms with E-state index < -0.39 is 0 Å². The second kappa shape index (κ2) is 12.5. The Morgan fingerprint density at radius 3 is 2.59 bits per heavy atom. The number of benzene rings is 2. The van der Waals surface area contributed by atoms with Crippen molar-refractivity contribution < 1.29 is 9.47 Å². The van der Waals surface area contributed by atoms with E-state index >= 15 is 0 Å². The molecular weight excluding hydrogens is 539 g/mol. The zero-order chi connectivity index (χ0) is 21.5. The Morgan fingerprint density at radius 2 is 1.84 bits per heavy atom. The highest BCUT2D eigenvalue weighted by Gasteiger charge is 2.20. The highest BCUT2D eigenvalue weighted by molar-refractivity contribution is 14.0. The molecule has 1 saturated heterocycles. The van der Waals surface area contributed by atoms with Crippen LogP contribution in [0.15, 0.2) is 47.5 Å². The summed E-state index contributed by atoms with van der Waals surface area (Å²) in [5.74, 6) is 2.17. The van der Waals surface area contributed by atoms with E-state index in [2.05, 4.69) is 50.9 Å². The molecule has 0 atom stereocenters. The van der Waals surface area contributed by atoms with Gasteiger partial charge in [-0.3, -0.25) is 9.89 Å². The van der Waals surface area contributed by atoms with Gasteiger partial charge < -0.3 is 20.1 Å². The summed E-state index contributed by atoms with van der Waals surface area (Å²) < 4.78 is 11.5. The molecule has 0 unspecified atom stereocenters. The smallest absolute Gasteiger partial charge is 0.191 e. The summed E-state index contributed by atoms with van der Waals surface area (Å²) in [4.78, 5) is 6.92. The Hall–Kier alpha value is -1.71. The monoisotopic (exact) mass is 570 g/mol. The van der Waals surface area contributed by atoms with Crippen LogP contribution in [0.5, 0.6) is 11.5 Å². The largest absolute Gasteiger partial charge is 0.489 e. The van der Waals surface area contributed by atoms with Crippen LogP contribution in [0.3, 0.4) is 0 Å². The van der Waals surface area contributed by atoms with Gasteiger partial charge in [-0.2, -0.15) is 0 Å². The molecule has 0 radical (unpaired) electrons.